The maximum absolute atomic E-state index is 13.1. The van der Waals surface area contributed by atoms with E-state index in [2.05, 4.69) is 15.5 Å². The molecule has 6 nitrogen and oxygen atoms in total. The van der Waals surface area contributed by atoms with Gasteiger partial charge >= 0.3 is 6.03 Å². The van der Waals surface area contributed by atoms with Gasteiger partial charge < -0.3 is 14.7 Å². The van der Waals surface area contributed by atoms with Gasteiger partial charge in [0.05, 0.1) is 0 Å². The lowest BCUT2D eigenvalue weighted by Gasteiger charge is -2.35. The minimum atomic E-state index is -0.315. The SMILES string of the molecule is CC(C)(C)NC(=O)N1CCCC[C@@H]1c1nc(-c2ccc(F)cc2)no1. The molecule has 1 aliphatic rings. The van der Waals surface area contributed by atoms with E-state index in [4.69, 9.17) is 4.52 Å². The summed E-state index contributed by atoms with van der Waals surface area (Å²) in [5.41, 5.74) is 0.366. The van der Waals surface area contributed by atoms with Crippen molar-refractivity contribution in [2.45, 2.75) is 51.6 Å². The standard InChI is InChI=1S/C18H23FN4O2/c1-18(2,3)21-17(24)23-11-5-4-6-14(23)16-20-15(22-25-16)12-7-9-13(19)10-8-12/h7-10,14H,4-6,11H2,1-3H3,(H,21,24)/t14-/m1/s1. The van der Waals surface area contributed by atoms with Gasteiger partial charge in [0, 0.05) is 17.6 Å². The Morgan fingerprint density at radius 3 is 2.68 bits per heavy atom. The zero-order valence-corrected chi connectivity index (χ0v) is 14.8. The summed E-state index contributed by atoms with van der Waals surface area (Å²) in [7, 11) is 0. The number of piperidine rings is 1. The summed E-state index contributed by atoms with van der Waals surface area (Å²) in [6.07, 6.45) is 2.73. The summed E-state index contributed by atoms with van der Waals surface area (Å²) in [6.45, 7) is 6.50. The van der Waals surface area contributed by atoms with Crippen molar-refractivity contribution in [2.75, 3.05) is 6.54 Å². The first-order valence-electron chi connectivity index (χ1n) is 8.52. The zero-order valence-electron chi connectivity index (χ0n) is 14.8. The molecule has 25 heavy (non-hydrogen) atoms. The van der Waals surface area contributed by atoms with Gasteiger partial charge in [-0.05, 0) is 64.3 Å². The number of nitrogens with one attached hydrogen (secondary N) is 1. The number of hydrogen-bond donors (Lipinski definition) is 1. The topological polar surface area (TPSA) is 71.3 Å². The van der Waals surface area contributed by atoms with Crippen molar-refractivity contribution in [3.8, 4) is 11.4 Å². The fraction of sp³-hybridized carbons (Fsp3) is 0.500. The second-order valence-electron chi connectivity index (χ2n) is 7.35. The number of urea groups is 1. The number of carbonyl (C=O) groups excluding carboxylic acids is 1. The maximum Gasteiger partial charge on any atom is 0.318 e. The molecule has 2 amide bonds. The summed E-state index contributed by atoms with van der Waals surface area (Å²) in [5, 5.41) is 6.98. The first-order chi connectivity index (χ1) is 11.8. The smallest absolute Gasteiger partial charge is 0.318 e. The van der Waals surface area contributed by atoms with E-state index in [0.717, 1.165) is 19.3 Å². The van der Waals surface area contributed by atoms with Crippen LogP contribution in [0.5, 0.6) is 0 Å². The van der Waals surface area contributed by atoms with Crippen LogP contribution in [0.15, 0.2) is 28.8 Å². The Balaban J connectivity index is 1.81. The maximum atomic E-state index is 13.1. The van der Waals surface area contributed by atoms with Gasteiger partial charge in [0.1, 0.15) is 11.9 Å². The van der Waals surface area contributed by atoms with Crippen molar-refractivity contribution >= 4 is 6.03 Å². The number of likely N-dealkylation sites (tertiary alicyclic amines) is 1. The molecular weight excluding hydrogens is 323 g/mol. The fourth-order valence-electron chi connectivity index (χ4n) is 2.91. The van der Waals surface area contributed by atoms with E-state index in [1.54, 1.807) is 17.0 Å². The van der Waals surface area contributed by atoms with Gasteiger partial charge in [-0.2, -0.15) is 4.98 Å². The van der Waals surface area contributed by atoms with Gasteiger partial charge in [-0.25, -0.2) is 9.18 Å². The van der Waals surface area contributed by atoms with Gasteiger partial charge in [0.15, 0.2) is 0 Å². The number of carbonyl (C=O) groups is 1. The number of rotatable bonds is 2. The third-order valence-corrected chi connectivity index (χ3v) is 4.07. The van der Waals surface area contributed by atoms with Crippen LogP contribution < -0.4 is 5.32 Å². The second-order valence-corrected chi connectivity index (χ2v) is 7.35. The summed E-state index contributed by atoms with van der Waals surface area (Å²) in [6, 6.07) is 5.56. The lowest BCUT2D eigenvalue weighted by Crippen LogP contribution is -2.50. The molecule has 7 heteroatoms. The Morgan fingerprint density at radius 2 is 2.00 bits per heavy atom. The van der Waals surface area contributed by atoms with Gasteiger partial charge in [-0.15, -0.1) is 0 Å². The molecule has 1 aliphatic heterocycles. The lowest BCUT2D eigenvalue weighted by molar-refractivity contribution is 0.126. The third-order valence-electron chi connectivity index (χ3n) is 4.07. The van der Waals surface area contributed by atoms with E-state index in [0.29, 0.717) is 23.8 Å². The van der Waals surface area contributed by atoms with Crippen LogP contribution in [-0.2, 0) is 0 Å². The first-order valence-corrected chi connectivity index (χ1v) is 8.52. The van der Waals surface area contributed by atoms with Crippen LogP contribution >= 0.6 is 0 Å². The highest BCUT2D eigenvalue weighted by atomic mass is 19.1. The molecule has 134 valence electrons. The summed E-state index contributed by atoms with van der Waals surface area (Å²) < 4.78 is 18.5. The van der Waals surface area contributed by atoms with Crippen molar-refractivity contribution in [2.24, 2.45) is 0 Å². The van der Waals surface area contributed by atoms with Gasteiger partial charge in [-0.1, -0.05) is 5.16 Å². The van der Waals surface area contributed by atoms with E-state index in [-0.39, 0.29) is 23.4 Å². The summed E-state index contributed by atoms with van der Waals surface area (Å²) in [4.78, 5) is 18.8. The Hall–Kier alpha value is -2.44. The average molecular weight is 346 g/mol. The molecule has 2 heterocycles. The fourth-order valence-corrected chi connectivity index (χ4v) is 2.91. The van der Waals surface area contributed by atoms with Crippen molar-refractivity contribution in [3.05, 3.63) is 36.0 Å². The van der Waals surface area contributed by atoms with Gasteiger partial charge in [-0.3, -0.25) is 0 Å². The molecule has 0 spiro atoms. The van der Waals surface area contributed by atoms with Crippen molar-refractivity contribution in [3.63, 3.8) is 0 Å². The van der Waals surface area contributed by atoms with Crippen LogP contribution in [0, 0.1) is 5.82 Å². The molecule has 1 fully saturated rings. The molecule has 3 rings (SSSR count). The molecule has 2 aromatic rings. The van der Waals surface area contributed by atoms with Crippen molar-refractivity contribution < 1.29 is 13.7 Å². The number of halogens is 1. The monoisotopic (exact) mass is 346 g/mol. The Bertz CT molecular complexity index is 736. The second kappa shape index (κ2) is 6.82. The van der Waals surface area contributed by atoms with Crippen LogP contribution in [-0.4, -0.2) is 33.2 Å². The van der Waals surface area contributed by atoms with E-state index in [1.807, 2.05) is 20.8 Å². The minimum absolute atomic E-state index is 0.126. The molecule has 0 aliphatic carbocycles. The zero-order chi connectivity index (χ0) is 18.0. The van der Waals surface area contributed by atoms with Gasteiger partial charge in [0.2, 0.25) is 11.7 Å². The normalized spacial score (nSPS) is 18.2. The number of benzene rings is 1. The molecule has 1 N–H and O–H groups in total. The predicted molar refractivity (Wildman–Crippen MR) is 91.3 cm³/mol. The van der Waals surface area contributed by atoms with Crippen LogP contribution in [0.3, 0.4) is 0 Å². The predicted octanol–water partition coefficient (Wildman–Crippen LogP) is 3.91. The molecule has 0 bridgehead atoms. The van der Waals surface area contributed by atoms with Gasteiger partial charge in [0.25, 0.3) is 0 Å². The first kappa shape index (κ1) is 17.4. The van der Waals surface area contributed by atoms with Crippen LogP contribution in [0.2, 0.25) is 0 Å². The highest BCUT2D eigenvalue weighted by Gasteiger charge is 2.33. The number of aromatic nitrogens is 2. The van der Waals surface area contributed by atoms with E-state index >= 15 is 0 Å². The Labute approximate surface area is 146 Å². The van der Waals surface area contributed by atoms with Crippen LogP contribution in [0.1, 0.15) is 52.0 Å². The number of hydrogen-bond acceptors (Lipinski definition) is 4. The van der Waals surface area contributed by atoms with E-state index in [9.17, 15) is 9.18 Å². The number of amides is 2. The van der Waals surface area contributed by atoms with Crippen molar-refractivity contribution in [1.29, 1.82) is 0 Å². The van der Waals surface area contributed by atoms with Crippen LogP contribution in [0.4, 0.5) is 9.18 Å². The Morgan fingerprint density at radius 1 is 1.28 bits per heavy atom. The highest BCUT2D eigenvalue weighted by Crippen LogP contribution is 2.31. The molecule has 0 saturated carbocycles. The summed E-state index contributed by atoms with van der Waals surface area (Å²) in [5.74, 6) is 0.504. The quantitative estimate of drug-likeness (QED) is 0.895. The highest BCUT2D eigenvalue weighted by molar-refractivity contribution is 5.75. The molecule has 1 saturated heterocycles. The Kier molecular flexibility index (Phi) is 4.74. The van der Waals surface area contributed by atoms with Crippen LogP contribution in [0.25, 0.3) is 11.4 Å². The molecule has 0 unspecified atom stereocenters. The molecule has 1 atom stereocenters. The largest absolute Gasteiger partial charge is 0.337 e. The number of nitrogens with zero attached hydrogens (tertiary/aromatic N) is 3. The lowest BCUT2D eigenvalue weighted by atomic mass is 10.0. The molecule has 1 aromatic carbocycles. The third kappa shape index (κ3) is 4.15. The molecule has 0 radical (unpaired) electrons. The van der Waals surface area contributed by atoms with E-state index < -0.39 is 0 Å². The summed E-state index contributed by atoms with van der Waals surface area (Å²) >= 11 is 0. The van der Waals surface area contributed by atoms with Crippen molar-refractivity contribution in [1.82, 2.24) is 20.4 Å². The minimum Gasteiger partial charge on any atom is -0.337 e. The molecular formula is C18H23FN4O2. The van der Waals surface area contributed by atoms with E-state index in [1.165, 1.54) is 12.1 Å². The molecule has 1 aromatic heterocycles. The average Bonchev–Trinajstić information content (AvgIpc) is 3.04.